The van der Waals surface area contributed by atoms with E-state index in [2.05, 4.69) is 15.2 Å². The second kappa shape index (κ2) is 9.28. The van der Waals surface area contributed by atoms with E-state index in [1.807, 2.05) is 11.8 Å². The van der Waals surface area contributed by atoms with Crippen molar-refractivity contribution < 1.29 is 9.53 Å². The van der Waals surface area contributed by atoms with Gasteiger partial charge in [0.15, 0.2) is 5.82 Å². The van der Waals surface area contributed by atoms with E-state index in [4.69, 9.17) is 16.3 Å². The first-order valence-corrected chi connectivity index (χ1v) is 10.1. The average molecular weight is 395 g/mol. The minimum Gasteiger partial charge on any atom is -0.486 e. The number of halogens is 1. The molecule has 0 aliphatic carbocycles. The molecule has 0 saturated carbocycles. The van der Waals surface area contributed by atoms with Crippen molar-refractivity contribution in [2.45, 2.75) is 49.6 Å². The number of ether oxygens (including phenoxy) is 1. The van der Waals surface area contributed by atoms with Gasteiger partial charge in [-0.1, -0.05) is 36.2 Å². The molecular weight excluding hydrogens is 372 g/mol. The van der Waals surface area contributed by atoms with Crippen LogP contribution in [0.1, 0.15) is 38.4 Å². The Morgan fingerprint density at radius 3 is 2.65 bits per heavy atom. The highest BCUT2D eigenvalue weighted by atomic mass is 35.5. The molecule has 1 atom stereocenters. The summed E-state index contributed by atoms with van der Waals surface area (Å²) >= 11 is 7.23. The molecule has 6 nitrogen and oxygen atoms in total. The van der Waals surface area contributed by atoms with Gasteiger partial charge in [-0.25, -0.2) is 4.98 Å². The summed E-state index contributed by atoms with van der Waals surface area (Å²) in [4.78, 5) is 19.0. The van der Waals surface area contributed by atoms with Crippen LogP contribution in [0.4, 0.5) is 0 Å². The summed E-state index contributed by atoms with van der Waals surface area (Å²) in [7, 11) is 0. The van der Waals surface area contributed by atoms with E-state index in [0.717, 1.165) is 25.9 Å². The second-order valence-corrected chi connectivity index (χ2v) is 8.05. The first kappa shape index (κ1) is 19.0. The molecule has 1 aliphatic rings. The third-order valence-electron chi connectivity index (χ3n) is 4.25. The standard InChI is InChI=1S/C18H23ClN4O2S/c1-13(17(24)23-10-4-2-3-5-11-23)26-18-20-16(21-22-18)12-25-15-8-6-14(19)7-9-15/h6-9,13H,2-5,10-12H2,1H3,(H,20,21,22). The van der Waals surface area contributed by atoms with Crippen LogP contribution < -0.4 is 4.74 Å². The second-order valence-electron chi connectivity index (χ2n) is 6.31. The molecule has 2 heterocycles. The van der Waals surface area contributed by atoms with Crippen LogP contribution in [-0.2, 0) is 11.4 Å². The fourth-order valence-electron chi connectivity index (χ4n) is 2.83. The number of carbonyl (C=O) groups is 1. The van der Waals surface area contributed by atoms with Crippen molar-refractivity contribution in [1.82, 2.24) is 20.1 Å². The van der Waals surface area contributed by atoms with Crippen molar-refractivity contribution in [3.63, 3.8) is 0 Å². The predicted octanol–water partition coefficient (Wildman–Crippen LogP) is 3.92. The number of aromatic amines is 1. The van der Waals surface area contributed by atoms with Gasteiger partial charge in [-0.15, -0.1) is 5.10 Å². The molecule has 1 amide bonds. The maximum Gasteiger partial charge on any atom is 0.235 e. The fourth-order valence-corrected chi connectivity index (χ4v) is 3.79. The van der Waals surface area contributed by atoms with Crippen molar-refractivity contribution in [3.05, 3.63) is 35.1 Å². The number of hydrogen-bond donors (Lipinski definition) is 1. The Bertz CT molecular complexity index is 714. The molecule has 26 heavy (non-hydrogen) atoms. The van der Waals surface area contributed by atoms with Gasteiger partial charge in [-0.05, 0) is 44.0 Å². The molecule has 1 fully saturated rings. The van der Waals surface area contributed by atoms with Crippen molar-refractivity contribution in [2.24, 2.45) is 0 Å². The number of nitrogens with one attached hydrogen (secondary N) is 1. The number of nitrogens with zero attached hydrogens (tertiary/aromatic N) is 3. The zero-order chi connectivity index (χ0) is 18.4. The Kier molecular flexibility index (Phi) is 6.80. The van der Waals surface area contributed by atoms with Crippen molar-refractivity contribution >= 4 is 29.3 Å². The lowest BCUT2D eigenvalue weighted by Crippen LogP contribution is -2.37. The highest BCUT2D eigenvalue weighted by Gasteiger charge is 2.23. The molecule has 8 heteroatoms. The number of rotatable bonds is 6. The summed E-state index contributed by atoms with van der Waals surface area (Å²) in [6.07, 6.45) is 4.61. The van der Waals surface area contributed by atoms with E-state index >= 15 is 0 Å². The smallest absolute Gasteiger partial charge is 0.235 e. The lowest BCUT2D eigenvalue weighted by atomic mass is 10.2. The molecule has 1 aromatic carbocycles. The van der Waals surface area contributed by atoms with Crippen LogP contribution in [-0.4, -0.2) is 44.3 Å². The Labute approximate surface area is 162 Å². The molecule has 0 bridgehead atoms. The van der Waals surface area contributed by atoms with Gasteiger partial charge in [0.25, 0.3) is 0 Å². The number of likely N-dealkylation sites (tertiary alicyclic amines) is 1. The molecule has 3 rings (SSSR count). The summed E-state index contributed by atoms with van der Waals surface area (Å²) < 4.78 is 5.65. The zero-order valence-electron chi connectivity index (χ0n) is 14.8. The molecular formula is C18H23ClN4O2S. The maximum atomic E-state index is 12.6. The van der Waals surface area contributed by atoms with Gasteiger partial charge < -0.3 is 9.64 Å². The van der Waals surface area contributed by atoms with Gasteiger partial charge in [0.05, 0.1) is 5.25 Å². The highest BCUT2D eigenvalue weighted by Crippen LogP contribution is 2.23. The number of carbonyl (C=O) groups excluding carboxylic acids is 1. The Morgan fingerprint density at radius 1 is 1.27 bits per heavy atom. The van der Waals surface area contributed by atoms with Gasteiger partial charge in [0.1, 0.15) is 12.4 Å². The zero-order valence-corrected chi connectivity index (χ0v) is 16.4. The maximum absolute atomic E-state index is 12.6. The molecule has 1 N–H and O–H groups in total. The molecule has 1 aliphatic heterocycles. The van der Waals surface area contributed by atoms with E-state index in [1.54, 1.807) is 24.3 Å². The highest BCUT2D eigenvalue weighted by molar-refractivity contribution is 8.00. The van der Waals surface area contributed by atoms with Gasteiger partial charge in [-0.2, -0.15) is 0 Å². The van der Waals surface area contributed by atoms with Gasteiger partial charge >= 0.3 is 0 Å². The average Bonchev–Trinajstić information content (AvgIpc) is 2.91. The van der Waals surface area contributed by atoms with Crippen molar-refractivity contribution in [3.8, 4) is 5.75 Å². The number of aromatic nitrogens is 3. The Balaban J connectivity index is 1.50. The largest absolute Gasteiger partial charge is 0.486 e. The van der Waals surface area contributed by atoms with Crippen LogP contribution in [0.5, 0.6) is 5.75 Å². The van der Waals surface area contributed by atoms with Gasteiger partial charge in [0.2, 0.25) is 11.1 Å². The fraction of sp³-hybridized carbons (Fsp3) is 0.500. The van der Waals surface area contributed by atoms with E-state index in [0.29, 0.717) is 21.8 Å². The quantitative estimate of drug-likeness (QED) is 0.752. The number of thioether (sulfide) groups is 1. The minimum absolute atomic E-state index is 0.167. The van der Waals surface area contributed by atoms with Gasteiger partial charge in [-0.3, -0.25) is 9.89 Å². The van der Waals surface area contributed by atoms with Crippen molar-refractivity contribution in [1.29, 1.82) is 0 Å². The normalized spacial score (nSPS) is 16.2. The van der Waals surface area contributed by atoms with Crippen LogP contribution >= 0.6 is 23.4 Å². The Morgan fingerprint density at radius 2 is 1.96 bits per heavy atom. The van der Waals surface area contributed by atoms with Crippen LogP contribution in [0.25, 0.3) is 0 Å². The lowest BCUT2D eigenvalue weighted by molar-refractivity contribution is -0.130. The van der Waals surface area contributed by atoms with E-state index < -0.39 is 0 Å². The van der Waals surface area contributed by atoms with Crippen LogP contribution in [0.15, 0.2) is 29.4 Å². The lowest BCUT2D eigenvalue weighted by Gasteiger charge is -2.23. The molecule has 1 unspecified atom stereocenters. The van der Waals surface area contributed by atoms with Gasteiger partial charge in [0, 0.05) is 18.1 Å². The van der Waals surface area contributed by atoms with E-state index in [1.165, 1.54) is 24.6 Å². The first-order chi connectivity index (χ1) is 12.6. The molecule has 0 spiro atoms. The molecule has 2 aromatic rings. The summed E-state index contributed by atoms with van der Waals surface area (Å²) in [6, 6.07) is 7.15. The SMILES string of the molecule is CC(Sc1n[nH]c(COc2ccc(Cl)cc2)n1)C(=O)N1CCCCCC1. The number of H-pyrrole nitrogens is 1. The van der Waals surface area contributed by atoms with Crippen LogP contribution in [0.2, 0.25) is 5.02 Å². The van der Waals surface area contributed by atoms with E-state index in [9.17, 15) is 4.79 Å². The number of benzene rings is 1. The minimum atomic E-state index is -0.200. The topological polar surface area (TPSA) is 71.1 Å². The summed E-state index contributed by atoms with van der Waals surface area (Å²) in [6.45, 7) is 3.91. The van der Waals surface area contributed by atoms with Crippen LogP contribution in [0.3, 0.4) is 0 Å². The third kappa shape index (κ3) is 5.38. The first-order valence-electron chi connectivity index (χ1n) is 8.87. The summed E-state index contributed by atoms with van der Waals surface area (Å²) in [5.41, 5.74) is 0. The molecule has 140 valence electrons. The molecule has 1 aromatic heterocycles. The molecule has 1 saturated heterocycles. The number of amides is 1. The third-order valence-corrected chi connectivity index (χ3v) is 5.45. The van der Waals surface area contributed by atoms with E-state index in [-0.39, 0.29) is 17.8 Å². The van der Waals surface area contributed by atoms with Crippen molar-refractivity contribution in [2.75, 3.05) is 13.1 Å². The number of hydrogen-bond acceptors (Lipinski definition) is 5. The molecule has 0 radical (unpaired) electrons. The Hall–Kier alpha value is -1.73. The summed E-state index contributed by atoms with van der Waals surface area (Å²) in [5, 5.41) is 8.08. The summed E-state index contributed by atoms with van der Waals surface area (Å²) in [5.74, 6) is 1.50. The monoisotopic (exact) mass is 394 g/mol. The predicted molar refractivity (Wildman–Crippen MR) is 103 cm³/mol. The van der Waals surface area contributed by atoms with Crippen LogP contribution in [0, 0.1) is 0 Å².